The van der Waals surface area contributed by atoms with Crippen LogP contribution in [0.2, 0.25) is 0 Å². The van der Waals surface area contributed by atoms with Gasteiger partial charge in [0.05, 0.1) is 39.6 Å². The molecule has 0 aliphatic rings. The first kappa shape index (κ1) is 26.9. The predicted molar refractivity (Wildman–Crippen MR) is 79.7 cm³/mol. The van der Waals surface area contributed by atoms with E-state index >= 15 is 0 Å². The van der Waals surface area contributed by atoms with E-state index in [-0.39, 0.29) is 56.4 Å². The number of phosphoric ester groups is 2. The number of ether oxygens (including phenoxy) is 1. The summed E-state index contributed by atoms with van der Waals surface area (Å²) in [5, 5.41) is 0. The maximum absolute atomic E-state index is 11.3. The van der Waals surface area contributed by atoms with Gasteiger partial charge in [-0.2, -0.15) is 0 Å². The van der Waals surface area contributed by atoms with E-state index in [2.05, 4.69) is 18.1 Å². The average Bonchev–Trinajstić information content (AvgIpc) is 2.46. The van der Waals surface area contributed by atoms with E-state index < -0.39 is 15.6 Å². The summed E-state index contributed by atoms with van der Waals surface area (Å²) in [5.74, 6) is 0. The summed E-state index contributed by atoms with van der Waals surface area (Å²) in [7, 11) is -8.59. The Bertz CT molecular complexity index is 350. The van der Waals surface area contributed by atoms with Crippen molar-refractivity contribution in [1.82, 2.24) is 0 Å². The first-order valence-corrected chi connectivity index (χ1v) is 10.5. The van der Waals surface area contributed by atoms with E-state index in [1.807, 2.05) is 13.8 Å². The molecule has 0 saturated heterocycles. The third-order valence-electron chi connectivity index (χ3n) is 2.45. The molecular formula is C12H26CoO9P2. The van der Waals surface area contributed by atoms with Crippen molar-refractivity contribution in [2.24, 2.45) is 0 Å². The Hall–Kier alpha value is 0.686. The van der Waals surface area contributed by atoms with Crippen molar-refractivity contribution in [1.29, 1.82) is 0 Å². The van der Waals surface area contributed by atoms with Gasteiger partial charge in [0, 0.05) is 0 Å². The summed E-state index contributed by atoms with van der Waals surface area (Å²) in [4.78, 5) is 22.5. The van der Waals surface area contributed by atoms with Gasteiger partial charge in [0.15, 0.2) is 0 Å². The first-order chi connectivity index (χ1) is 10.8. The van der Waals surface area contributed by atoms with Gasteiger partial charge in [0.25, 0.3) is 15.6 Å². The van der Waals surface area contributed by atoms with Gasteiger partial charge in [0.1, 0.15) is 0 Å². The molecule has 0 bridgehead atoms. The standard InChI is InChI=1S/C12H28O9P2.Co/c1-3-5-7-18-22(13,14)20-11-9-17-10-12-21-23(15,16)19-8-6-4-2;/h3-12H2,1-2H3,(H,13,14)(H,15,16);/q;+2/p-2. The van der Waals surface area contributed by atoms with Gasteiger partial charge in [0.2, 0.25) is 0 Å². The van der Waals surface area contributed by atoms with Gasteiger partial charge in [-0.3, -0.25) is 9.13 Å². The maximum atomic E-state index is 11.3. The molecule has 0 fully saturated rings. The zero-order valence-corrected chi connectivity index (χ0v) is 16.8. The van der Waals surface area contributed by atoms with Crippen LogP contribution in [-0.4, -0.2) is 39.6 Å². The van der Waals surface area contributed by atoms with Crippen LogP contribution in [0.5, 0.6) is 0 Å². The molecule has 0 rings (SSSR count). The molecule has 24 heavy (non-hydrogen) atoms. The van der Waals surface area contributed by atoms with Crippen LogP contribution in [0.3, 0.4) is 0 Å². The van der Waals surface area contributed by atoms with Crippen LogP contribution >= 0.6 is 15.6 Å². The minimum absolute atomic E-state index is 0. The Kier molecular flexibility index (Phi) is 17.8. The Morgan fingerprint density at radius 1 is 0.667 bits per heavy atom. The fourth-order valence-electron chi connectivity index (χ4n) is 1.23. The molecule has 2 atom stereocenters. The van der Waals surface area contributed by atoms with Crippen LogP contribution in [0.15, 0.2) is 0 Å². The molecule has 0 amide bonds. The quantitative estimate of drug-likeness (QED) is 0.262. The van der Waals surface area contributed by atoms with Gasteiger partial charge in [-0.1, -0.05) is 26.7 Å². The van der Waals surface area contributed by atoms with E-state index in [9.17, 15) is 18.9 Å². The van der Waals surface area contributed by atoms with E-state index in [1.165, 1.54) is 0 Å². The summed E-state index contributed by atoms with van der Waals surface area (Å²) in [6.45, 7) is 3.49. The fraction of sp³-hybridized carbons (Fsp3) is 1.00. The Morgan fingerprint density at radius 3 is 1.33 bits per heavy atom. The van der Waals surface area contributed by atoms with Crippen LogP contribution < -0.4 is 9.79 Å². The minimum Gasteiger partial charge on any atom is -0.756 e. The zero-order valence-electron chi connectivity index (χ0n) is 14.0. The van der Waals surface area contributed by atoms with E-state index in [0.29, 0.717) is 12.8 Å². The van der Waals surface area contributed by atoms with Gasteiger partial charge in [-0.25, -0.2) is 0 Å². The number of hydrogen-bond acceptors (Lipinski definition) is 9. The summed E-state index contributed by atoms with van der Waals surface area (Å²) in [6, 6.07) is 0. The van der Waals surface area contributed by atoms with Gasteiger partial charge in [-0.05, 0) is 12.8 Å². The number of hydrogen-bond donors (Lipinski definition) is 0. The molecule has 9 nitrogen and oxygen atoms in total. The molecule has 0 aromatic rings. The largest absolute Gasteiger partial charge is 2.00 e. The SMILES string of the molecule is CCCCOP(=O)([O-])OCCOCCOP(=O)([O-])OCCCC.[Co+2]. The summed E-state index contributed by atoms with van der Waals surface area (Å²) >= 11 is 0. The zero-order chi connectivity index (χ0) is 17.6. The summed E-state index contributed by atoms with van der Waals surface area (Å²) < 4.78 is 45.8. The maximum Gasteiger partial charge on any atom is 2.00 e. The molecule has 0 N–H and O–H groups in total. The second kappa shape index (κ2) is 15.9. The van der Waals surface area contributed by atoms with Crippen molar-refractivity contribution in [3.63, 3.8) is 0 Å². The Labute approximate surface area is 153 Å². The number of phosphoric acid groups is 2. The topological polar surface area (TPSA) is 126 Å². The minimum atomic E-state index is -4.30. The van der Waals surface area contributed by atoms with Crippen molar-refractivity contribution in [3.05, 3.63) is 0 Å². The van der Waals surface area contributed by atoms with Crippen LogP contribution in [-0.2, 0) is 48.7 Å². The van der Waals surface area contributed by atoms with Gasteiger partial charge in [-0.15, -0.1) is 0 Å². The molecule has 0 saturated carbocycles. The smallest absolute Gasteiger partial charge is 0.756 e. The fourth-order valence-corrected chi connectivity index (χ4v) is 2.68. The third-order valence-corrected chi connectivity index (χ3v) is 4.44. The monoisotopic (exact) mass is 435 g/mol. The summed E-state index contributed by atoms with van der Waals surface area (Å²) in [5.41, 5.74) is 0. The molecule has 0 aromatic heterocycles. The molecule has 147 valence electrons. The van der Waals surface area contributed by atoms with E-state index in [4.69, 9.17) is 4.74 Å². The number of rotatable bonds is 16. The third kappa shape index (κ3) is 17.5. The summed E-state index contributed by atoms with van der Waals surface area (Å²) in [6.07, 6.45) is 2.88. The molecule has 2 unspecified atom stereocenters. The molecule has 0 aromatic carbocycles. The van der Waals surface area contributed by atoms with Gasteiger partial charge < -0.3 is 32.6 Å². The van der Waals surface area contributed by atoms with E-state index in [0.717, 1.165) is 12.8 Å². The van der Waals surface area contributed by atoms with Crippen molar-refractivity contribution in [3.8, 4) is 0 Å². The van der Waals surface area contributed by atoms with Crippen LogP contribution in [0.4, 0.5) is 0 Å². The van der Waals surface area contributed by atoms with Gasteiger partial charge >= 0.3 is 16.8 Å². The van der Waals surface area contributed by atoms with Crippen molar-refractivity contribution >= 4 is 15.6 Å². The second-order valence-corrected chi connectivity index (χ2v) is 7.37. The molecule has 0 heterocycles. The molecule has 0 spiro atoms. The average molecular weight is 435 g/mol. The Balaban J connectivity index is 0. The van der Waals surface area contributed by atoms with E-state index in [1.54, 1.807) is 0 Å². The molecule has 1 radical (unpaired) electrons. The van der Waals surface area contributed by atoms with Crippen LogP contribution in [0, 0.1) is 0 Å². The van der Waals surface area contributed by atoms with Crippen LogP contribution in [0.25, 0.3) is 0 Å². The Morgan fingerprint density at radius 2 is 1.00 bits per heavy atom. The molecule has 0 aliphatic carbocycles. The first-order valence-electron chi connectivity index (χ1n) is 7.61. The predicted octanol–water partition coefficient (Wildman–Crippen LogP) is 1.60. The molecular weight excluding hydrogens is 409 g/mol. The van der Waals surface area contributed by atoms with Crippen molar-refractivity contribution in [2.75, 3.05) is 39.6 Å². The van der Waals surface area contributed by atoms with Crippen molar-refractivity contribution < 1.29 is 58.5 Å². The number of unbranched alkanes of at least 4 members (excludes halogenated alkanes) is 2. The van der Waals surface area contributed by atoms with Crippen LogP contribution in [0.1, 0.15) is 39.5 Å². The molecule has 12 heteroatoms. The normalized spacial score (nSPS) is 16.2. The molecule has 0 aliphatic heterocycles. The van der Waals surface area contributed by atoms with Crippen molar-refractivity contribution in [2.45, 2.75) is 39.5 Å². The second-order valence-electron chi connectivity index (χ2n) is 4.55.